The summed E-state index contributed by atoms with van der Waals surface area (Å²) in [6.07, 6.45) is 8.88. The van der Waals surface area contributed by atoms with Crippen molar-refractivity contribution in [2.75, 3.05) is 5.32 Å². The number of hydrogen-bond donors (Lipinski definition) is 1. The van der Waals surface area contributed by atoms with Crippen LogP contribution in [0.15, 0.2) is 72.3 Å². The summed E-state index contributed by atoms with van der Waals surface area (Å²) in [5.41, 5.74) is 3.59. The molecule has 0 aliphatic carbocycles. The average molecular weight is 375 g/mol. The van der Waals surface area contributed by atoms with E-state index in [2.05, 4.69) is 26.3 Å². The lowest BCUT2D eigenvalue weighted by molar-refractivity contribution is 0.102. The van der Waals surface area contributed by atoms with E-state index >= 15 is 0 Å². The second kappa shape index (κ2) is 7.59. The van der Waals surface area contributed by atoms with Crippen molar-refractivity contribution in [1.29, 1.82) is 0 Å². The largest absolute Gasteiger partial charge is 0.321 e. The number of fused-ring (bicyclic) bond motifs is 1. The van der Waals surface area contributed by atoms with Gasteiger partial charge in [0.25, 0.3) is 5.91 Å². The number of carbonyl (C=O) groups excluding carboxylic acids is 1. The van der Waals surface area contributed by atoms with Gasteiger partial charge < -0.3 is 9.72 Å². The van der Waals surface area contributed by atoms with Crippen molar-refractivity contribution < 1.29 is 4.79 Å². The number of benzene rings is 1. The standard InChI is InChI=1S/C20H17N5OS/c1-14-12-25-10-9-22-18(19(25)23-14)20(26)24-16-4-6-17(7-5-16)27-13-15-3-2-8-21-11-15/h2-12H,13H2,1H3,(H,24,26). The van der Waals surface area contributed by atoms with E-state index in [0.717, 1.165) is 22.0 Å². The topological polar surface area (TPSA) is 72.2 Å². The van der Waals surface area contributed by atoms with Crippen LogP contribution in [0, 0.1) is 6.92 Å². The molecule has 0 spiro atoms. The molecule has 6 nitrogen and oxygen atoms in total. The summed E-state index contributed by atoms with van der Waals surface area (Å²) < 4.78 is 1.80. The number of nitrogens with one attached hydrogen (secondary N) is 1. The minimum atomic E-state index is -0.276. The molecule has 0 unspecified atom stereocenters. The van der Waals surface area contributed by atoms with E-state index in [9.17, 15) is 4.79 Å². The van der Waals surface area contributed by atoms with E-state index in [1.807, 2.05) is 49.6 Å². The van der Waals surface area contributed by atoms with E-state index in [1.54, 1.807) is 34.8 Å². The quantitative estimate of drug-likeness (QED) is 0.534. The Morgan fingerprint density at radius 3 is 2.81 bits per heavy atom. The summed E-state index contributed by atoms with van der Waals surface area (Å²) in [4.78, 5) is 26.4. The normalized spacial score (nSPS) is 10.9. The van der Waals surface area contributed by atoms with Gasteiger partial charge in [-0.2, -0.15) is 0 Å². The Bertz CT molecular complexity index is 1080. The third-order valence-electron chi connectivity index (χ3n) is 3.95. The summed E-state index contributed by atoms with van der Waals surface area (Å²) >= 11 is 1.72. The van der Waals surface area contributed by atoms with Crippen molar-refractivity contribution in [2.45, 2.75) is 17.6 Å². The van der Waals surface area contributed by atoms with Crippen LogP contribution in [0.4, 0.5) is 5.69 Å². The lowest BCUT2D eigenvalue weighted by atomic mass is 10.3. The molecule has 0 radical (unpaired) electrons. The van der Waals surface area contributed by atoms with Gasteiger partial charge in [-0.25, -0.2) is 9.97 Å². The highest BCUT2D eigenvalue weighted by molar-refractivity contribution is 7.98. The molecule has 0 saturated carbocycles. The number of amides is 1. The number of pyridine rings is 1. The SMILES string of the molecule is Cc1cn2ccnc(C(=O)Nc3ccc(SCc4cccnc4)cc3)c2n1. The van der Waals surface area contributed by atoms with Gasteiger partial charge in [0.2, 0.25) is 0 Å². The van der Waals surface area contributed by atoms with E-state index in [-0.39, 0.29) is 5.91 Å². The fourth-order valence-electron chi connectivity index (χ4n) is 2.68. The zero-order valence-corrected chi connectivity index (χ0v) is 15.5. The first-order chi connectivity index (χ1) is 13.2. The highest BCUT2D eigenvalue weighted by Crippen LogP contribution is 2.24. The number of rotatable bonds is 5. The van der Waals surface area contributed by atoms with Crippen LogP contribution in [0.25, 0.3) is 5.65 Å². The first-order valence-electron chi connectivity index (χ1n) is 8.42. The average Bonchev–Trinajstić information content (AvgIpc) is 3.08. The fourth-order valence-corrected chi connectivity index (χ4v) is 3.51. The molecule has 4 aromatic rings. The monoisotopic (exact) mass is 375 g/mol. The zero-order chi connectivity index (χ0) is 18.6. The van der Waals surface area contributed by atoms with Crippen molar-refractivity contribution >= 4 is 29.0 Å². The third-order valence-corrected chi connectivity index (χ3v) is 5.03. The van der Waals surface area contributed by atoms with E-state index < -0.39 is 0 Å². The van der Waals surface area contributed by atoms with Crippen molar-refractivity contribution in [2.24, 2.45) is 0 Å². The highest BCUT2D eigenvalue weighted by atomic mass is 32.2. The predicted molar refractivity (Wildman–Crippen MR) is 106 cm³/mol. The number of aryl methyl sites for hydroxylation is 1. The van der Waals surface area contributed by atoms with Gasteiger partial charge in [0.05, 0.1) is 5.69 Å². The van der Waals surface area contributed by atoms with Crippen molar-refractivity contribution in [3.05, 3.63) is 84.3 Å². The van der Waals surface area contributed by atoms with Crippen LogP contribution in [-0.2, 0) is 5.75 Å². The molecule has 0 aliphatic heterocycles. The van der Waals surface area contributed by atoms with Crippen LogP contribution in [0.3, 0.4) is 0 Å². The second-order valence-corrected chi connectivity index (χ2v) is 7.07. The fraction of sp³-hybridized carbons (Fsp3) is 0.100. The summed E-state index contributed by atoms with van der Waals surface area (Å²) in [6, 6.07) is 11.7. The van der Waals surface area contributed by atoms with E-state index in [4.69, 9.17) is 0 Å². The summed E-state index contributed by atoms with van der Waals surface area (Å²) in [5, 5.41) is 2.89. The molecule has 0 bridgehead atoms. The molecule has 3 heterocycles. The summed E-state index contributed by atoms with van der Waals surface area (Å²) in [7, 11) is 0. The number of anilines is 1. The maximum absolute atomic E-state index is 12.6. The number of thioether (sulfide) groups is 1. The molecular formula is C20H17N5OS. The Morgan fingerprint density at radius 2 is 2.04 bits per heavy atom. The first kappa shape index (κ1) is 17.2. The van der Waals surface area contributed by atoms with Gasteiger partial charge in [-0.3, -0.25) is 9.78 Å². The summed E-state index contributed by atoms with van der Waals surface area (Å²) in [5.74, 6) is 0.576. The predicted octanol–water partition coefficient (Wildman–Crippen LogP) is 3.98. The lowest BCUT2D eigenvalue weighted by Crippen LogP contribution is -2.15. The summed E-state index contributed by atoms with van der Waals surface area (Å²) in [6.45, 7) is 1.89. The molecule has 1 aromatic carbocycles. The Hall–Kier alpha value is -3.19. The van der Waals surface area contributed by atoms with Gasteiger partial charge in [-0.15, -0.1) is 11.8 Å². The van der Waals surface area contributed by atoms with E-state index in [0.29, 0.717) is 11.3 Å². The first-order valence-corrected chi connectivity index (χ1v) is 9.41. The number of hydrogen-bond acceptors (Lipinski definition) is 5. The van der Waals surface area contributed by atoms with Crippen LogP contribution >= 0.6 is 11.8 Å². The molecule has 7 heteroatoms. The van der Waals surface area contributed by atoms with Gasteiger partial charge in [-0.1, -0.05) is 6.07 Å². The molecule has 4 rings (SSSR count). The molecular weight excluding hydrogens is 358 g/mol. The third kappa shape index (κ3) is 3.98. The molecule has 0 aliphatic rings. The Balaban J connectivity index is 1.44. The van der Waals surface area contributed by atoms with Gasteiger partial charge >= 0.3 is 0 Å². The Morgan fingerprint density at radius 1 is 1.19 bits per heavy atom. The van der Waals surface area contributed by atoms with Crippen LogP contribution in [0.5, 0.6) is 0 Å². The highest BCUT2D eigenvalue weighted by Gasteiger charge is 2.14. The van der Waals surface area contributed by atoms with Crippen LogP contribution < -0.4 is 5.32 Å². The number of imidazole rings is 1. The van der Waals surface area contributed by atoms with Crippen molar-refractivity contribution in [1.82, 2.24) is 19.4 Å². The van der Waals surface area contributed by atoms with Gasteiger partial charge in [0, 0.05) is 47.3 Å². The molecule has 134 valence electrons. The molecule has 3 aromatic heterocycles. The minimum Gasteiger partial charge on any atom is -0.321 e. The van der Waals surface area contributed by atoms with Crippen molar-refractivity contribution in [3.63, 3.8) is 0 Å². The molecule has 0 saturated heterocycles. The maximum atomic E-state index is 12.6. The van der Waals surface area contributed by atoms with E-state index in [1.165, 1.54) is 5.56 Å². The minimum absolute atomic E-state index is 0.276. The van der Waals surface area contributed by atoms with Crippen LogP contribution in [-0.4, -0.2) is 25.3 Å². The smallest absolute Gasteiger partial charge is 0.278 e. The Kier molecular flexibility index (Phi) is 4.84. The number of aromatic nitrogens is 4. The molecule has 0 fully saturated rings. The number of carbonyl (C=O) groups is 1. The molecule has 27 heavy (non-hydrogen) atoms. The lowest BCUT2D eigenvalue weighted by Gasteiger charge is -2.07. The Labute approximate surface area is 160 Å². The van der Waals surface area contributed by atoms with Crippen LogP contribution in [0.1, 0.15) is 21.7 Å². The molecule has 1 amide bonds. The zero-order valence-electron chi connectivity index (χ0n) is 14.7. The second-order valence-electron chi connectivity index (χ2n) is 6.02. The maximum Gasteiger partial charge on any atom is 0.278 e. The van der Waals surface area contributed by atoms with Crippen molar-refractivity contribution in [3.8, 4) is 0 Å². The molecule has 0 atom stereocenters. The van der Waals surface area contributed by atoms with Gasteiger partial charge in [0.15, 0.2) is 11.3 Å². The van der Waals surface area contributed by atoms with Crippen LogP contribution in [0.2, 0.25) is 0 Å². The van der Waals surface area contributed by atoms with Gasteiger partial charge in [-0.05, 0) is 42.8 Å². The van der Waals surface area contributed by atoms with Gasteiger partial charge in [0.1, 0.15) is 0 Å². The number of nitrogens with zero attached hydrogens (tertiary/aromatic N) is 4. The molecule has 1 N–H and O–H groups in total.